The molecule has 0 unspecified atom stereocenters. The molecule has 0 aliphatic rings. The Bertz CT molecular complexity index is 1780. The first kappa shape index (κ1) is 33.5. The van der Waals surface area contributed by atoms with E-state index in [1.54, 1.807) is 75.4 Å². The Morgan fingerprint density at radius 2 is 1.85 bits per heavy atom. The van der Waals surface area contributed by atoms with Crippen molar-refractivity contribution in [3.05, 3.63) is 88.8 Å². The number of nitrogens with zero attached hydrogens (tertiary/aromatic N) is 3. The van der Waals surface area contributed by atoms with E-state index in [-0.39, 0.29) is 42.6 Å². The molecule has 3 N–H and O–H groups in total. The van der Waals surface area contributed by atoms with E-state index in [9.17, 15) is 24.8 Å². The molecule has 13 heteroatoms. The van der Waals surface area contributed by atoms with Crippen LogP contribution < -0.4 is 15.4 Å². The third kappa shape index (κ3) is 8.01. The van der Waals surface area contributed by atoms with E-state index < -0.39 is 23.4 Å². The number of amides is 3. The monoisotopic (exact) mass is 645 g/mol. The van der Waals surface area contributed by atoms with Gasteiger partial charge in [-0.15, -0.1) is 0 Å². The number of rotatable bonds is 11. The molecule has 0 radical (unpaired) electrons. The Balaban J connectivity index is 1.76. The summed E-state index contributed by atoms with van der Waals surface area (Å²) in [5.41, 5.74) is 1.34. The van der Waals surface area contributed by atoms with Gasteiger partial charge in [-0.05, 0) is 74.9 Å². The second kappa shape index (κ2) is 14.6. The third-order valence-corrected chi connectivity index (χ3v) is 6.99. The van der Waals surface area contributed by atoms with Crippen molar-refractivity contribution in [1.82, 2.24) is 15.2 Å². The van der Waals surface area contributed by atoms with E-state index in [0.717, 1.165) is 0 Å². The smallest absolute Gasteiger partial charge is 0.407 e. The lowest BCUT2D eigenvalue weighted by atomic mass is 9.96. The quantitative estimate of drug-likeness (QED) is 0.159. The largest absolute Gasteiger partial charge is 0.467 e. The summed E-state index contributed by atoms with van der Waals surface area (Å²) in [5, 5.41) is 25.6. The molecule has 4 rings (SSSR count). The molecule has 0 bridgehead atoms. The summed E-state index contributed by atoms with van der Waals surface area (Å²) in [6.07, 6.45) is 0.258. The van der Waals surface area contributed by atoms with Gasteiger partial charge in [-0.2, -0.15) is 5.26 Å². The van der Waals surface area contributed by atoms with Crippen molar-refractivity contribution in [2.24, 2.45) is 0 Å². The maximum absolute atomic E-state index is 13.1. The fourth-order valence-corrected chi connectivity index (χ4v) is 4.73. The highest BCUT2D eigenvalue weighted by Gasteiger charge is 2.26. The van der Waals surface area contributed by atoms with Gasteiger partial charge in [-0.1, -0.05) is 23.7 Å². The topological polar surface area (TPSA) is 167 Å². The molecule has 3 amide bonds. The highest BCUT2D eigenvalue weighted by atomic mass is 35.5. The molecule has 0 aliphatic heterocycles. The van der Waals surface area contributed by atoms with Crippen LogP contribution in [0, 0.1) is 11.3 Å². The number of furan rings is 1. The number of carbonyl (C=O) groups excluding carboxylic acids is 2. The Kier molecular flexibility index (Phi) is 10.6. The van der Waals surface area contributed by atoms with Gasteiger partial charge in [0.25, 0.3) is 11.8 Å². The predicted octanol–water partition coefficient (Wildman–Crippen LogP) is 6.28. The van der Waals surface area contributed by atoms with Crippen molar-refractivity contribution in [2.45, 2.75) is 26.3 Å². The van der Waals surface area contributed by atoms with Crippen LogP contribution in [0.5, 0.6) is 5.75 Å². The zero-order valence-corrected chi connectivity index (χ0v) is 26.3. The molecule has 0 saturated carbocycles. The van der Waals surface area contributed by atoms with Crippen molar-refractivity contribution in [3.8, 4) is 34.2 Å². The number of halogens is 1. The van der Waals surface area contributed by atoms with Gasteiger partial charge in [0.15, 0.2) is 18.4 Å². The first-order chi connectivity index (χ1) is 21.9. The van der Waals surface area contributed by atoms with Crippen LogP contribution in [0.2, 0.25) is 5.02 Å². The SMILES string of the molecule is COCOc1cc(Cl)ccc1-c1cc(-c2cccc(C(=O)NCCN(C(=O)O)C(C)(C)C)c2)c(C#N)c(NC(=O)c2ccco2)n1. The van der Waals surface area contributed by atoms with Gasteiger partial charge in [-0.25, -0.2) is 9.78 Å². The lowest BCUT2D eigenvalue weighted by Crippen LogP contribution is -2.48. The minimum absolute atomic E-state index is 0.0137. The summed E-state index contributed by atoms with van der Waals surface area (Å²) in [7, 11) is 1.47. The lowest BCUT2D eigenvalue weighted by molar-refractivity contribution is 0.0515. The number of hydrogen-bond donors (Lipinski definition) is 3. The van der Waals surface area contributed by atoms with Crippen molar-refractivity contribution >= 4 is 35.3 Å². The van der Waals surface area contributed by atoms with Gasteiger partial charge >= 0.3 is 6.09 Å². The summed E-state index contributed by atoms with van der Waals surface area (Å²) in [6.45, 7) is 5.40. The molecule has 0 saturated heterocycles. The summed E-state index contributed by atoms with van der Waals surface area (Å²) in [4.78, 5) is 43.6. The molecular formula is C33H32ClN5O7. The first-order valence-electron chi connectivity index (χ1n) is 14.0. The minimum Gasteiger partial charge on any atom is -0.467 e. The highest BCUT2D eigenvalue weighted by Crippen LogP contribution is 2.37. The second-order valence-corrected chi connectivity index (χ2v) is 11.4. The van der Waals surface area contributed by atoms with E-state index in [2.05, 4.69) is 21.7 Å². The van der Waals surface area contributed by atoms with Gasteiger partial charge in [0.1, 0.15) is 17.4 Å². The van der Waals surface area contributed by atoms with Crippen LogP contribution in [0.1, 0.15) is 47.2 Å². The molecule has 0 atom stereocenters. The minimum atomic E-state index is -1.09. The molecule has 2 aromatic heterocycles. The molecule has 4 aromatic rings. The normalized spacial score (nSPS) is 11.0. The lowest BCUT2D eigenvalue weighted by Gasteiger charge is -2.33. The fourth-order valence-electron chi connectivity index (χ4n) is 4.57. The molecule has 2 heterocycles. The molecule has 0 spiro atoms. The van der Waals surface area contributed by atoms with Crippen LogP contribution in [-0.4, -0.2) is 65.4 Å². The first-order valence-corrected chi connectivity index (χ1v) is 14.4. The number of pyridine rings is 1. The number of ether oxygens (including phenoxy) is 2. The van der Waals surface area contributed by atoms with Gasteiger partial charge in [-0.3, -0.25) is 9.59 Å². The van der Waals surface area contributed by atoms with E-state index in [0.29, 0.717) is 33.2 Å². The number of benzene rings is 2. The fraction of sp³-hybridized carbons (Fsp3) is 0.242. The molecule has 0 aliphatic carbocycles. The van der Waals surface area contributed by atoms with Crippen LogP contribution in [0.15, 0.2) is 71.3 Å². The predicted molar refractivity (Wildman–Crippen MR) is 171 cm³/mol. The maximum Gasteiger partial charge on any atom is 0.407 e. The summed E-state index contributed by atoms with van der Waals surface area (Å²) < 4.78 is 16.0. The number of nitrogens with one attached hydrogen (secondary N) is 2. The van der Waals surface area contributed by atoms with Crippen LogP contribution in [0.3, 0.4) is 0 Å². The average Bonchev–Trinajstić information content (AvgIpc) is 3.56. The molecule has 12 nitrogen and oxygen atoms in total. The number of carbonyl (C=O) groups is 3. The molecule has 2 aromatic carbocycles. The van der Waals surface area contributed by atoms with Gasteiger partial charge < -0.3 is 34.5 Å². The van der Waals surface area contributed by atoms with Gasteiger partial charge in [0, 0.05) is 47.5 Å². The van der Waals surface area contributed by atoms with E-state index >= 15 is 0 Å². The van der Waals surface area contributed by atoms with E-state index in [1.165, 1.54) is 24.3 Å². The van der Waals surface area contributed by atoms with Crippen LogP contribution in [0.25, 0.3) is 22.4 Å². The average molecular weight is 646 g/mol. The summed E-state index contributed by atoms with van der Waals surface area (Å²) >= 11 is 6.23. The van der Waals surface area contributed by atoms with Crippen molar-refractivity contribution in [3.63, 3.8) is 0 Å². The Labute approximate surface area is 270 Å². The standard InChI is InChI=1S/C33H32ClN5O7/c1-33(2,3)39(32(42)43)13-12-36-30(40)21-8-5-7-20(15-21)24-17-26(23-11-10-22(34)16-28(23)46-19-44-4)37-29(25(24)18-35)38-31(41)27-9-6-14-45-27/h5-11,14-17H,12-13,19H2,1-4H3,(H,36,40)(H,42,43)(H,37,38,41). The van der Waals surface area contributed by atoms with Crippen LogP contribution in [-0.2, 0) is 4.74 Å². The van der Waals surface area contributed by atoms with Crippen molar-refractivity contribution in [2.75, 3.05) is 32.3 Å². The second-order valence-electron chi connectivity index (χ2n) is 11.0. The number of nitriles is 1. The molecule has 0 fully saturated rings. The third-order valence-electron chi connectivity index (χ3n) is 6.76. The molecule has 46 heavy (non-hydrogen) atoms. The van der Waals surface area contributed by atoms with Crippen molar-refractivity contribution in [1.29, 1.82) is 5.26 Å². The number of carboxylic acid groups (broad SMARTS) is 1. The number of hydrogen-bond acceptors (Lipinski definition) is 8. The zero-order chi connectivity index (χ0) is 33.4. The highest BCUT2D eigenvalue weighted by molar-refractivity contribution is 6.30. The Morgan fingerprint density at radius 3 is 2.50 bits per heavy atom. The van der Waals surface area contributed by atoms with Crippen LogP contribution >= 0.6 is 11.6 Å². The van der Waals surface area contributed by atoms with Crippen LogP contribution in [0.4, 0.5) is 10.6 Å². The number of methoxy groups -OCH3 is 1. The zero-order valence-electron chi connectivity index (χ0n) is 25.6. The van der Waals surface area contributed by atoms with Gasteiger partial charge in [0.05, 0.1) is 12.0 Å². The molecular weight excluding hydrogens is 614 g/mol. The Morgan fingerprint density at radius 1 is 1.07 bits per heavy atom. The summed E-state index contributed by atoms with van der Waals surface area (Å²) in [6, 6.07) is 18.3. The molecule has 238 valence electrons. The summed E-state index contributed by atoms with van der Waals surface area (Å²) in [5.74, 6) is -0.745. The maximum atomic E-state index is 13.1. The Hall–Kier alpha value is -5.38. The van der Waals surface area contributed by atoms with Gasteiger partial charge in [0.2, 0.25) is 0 Å². The van der Waals surface area contributed by atoms with Crippen molar-refractivity contribution < 1.29 is 33.4 Å². The number of aromatic nitrogens is 1. The number of anilines is 1. The van der Waals surface area contributed by atoms with E-state index in [1.807, 2.05) is 0 Å². The van der Waals surface area contributed by atoms with E-state index in [4.69, 9.17) is 25.5 Å².